The van der Waals surface area contributed by atoms with Gasteiger partial charge in [-0.05, 0) is 55.2 Å². The minimum absolute atomic E-state index is 0.00931. The SMILES string of the molecule is Cc1ccccc1OCCCOc1ccc(C=C(C#N)C(=O)Nc2nnc(N3CCCC3)s2)cc1. The number of benzene rings is 2. The lowest BCUT2D eigenvalue weighted by Crippen LogP contribution is -2.17. The number of carbonyl (C=O) groups is 1. The third kappa shape index (κ3) is 6.80. The highest BCUT2D eigenvalue weighted by Crippen LogP contribution is 2.27. The first-order chi connectivity index (χ1) is 17.1. The van der Waals surface area contributed by atoms with Crippen molar-refractivity contribution in [1.29, 1.82) is 5.26 Å². The highest BCUT2D eigenvalue weighted by atomic mass is 32.1. The molecule has 1 amide bonds. The number of nitrogens with one attached hydrogen (secondary N) is 1. The summed E-state index contributed by atoms with van der Waals surface area (Å²) in [5.41, 5.74) is 1.82. The number of carbonyl (C=O) groups excluding carboxylic acids is 1. The van der Waals surface area contributed by atoms with Crippen LogP contribution in [0.2, 0.25) is 0 Å². The first kappa shape index (κ1) is 24.2. The van der Waals surface area contributed by atoms with Crippen molar-refractivity contribution in [3.63, 3.8) is 0 Å². The van der Waals surface area contributed by atoms with Crippen molar-refractivity contribution in [2.45, 2.75) is 26.2 Å². The van der Waals surface area contributed by atoms with E-state index in [-0.39, 0.29) is 5.57 Å². The smallest absolute Gasteiger partial charge is 0.268 e. The molecule has 0 aliphatic carbocycles. The second kappa shape index (κ2) is 12.0. The van der Waals surface area contributed by atoms with Crippen molar-refractivity contribution in [1.82, 2.24) is 10.2 Å². The number of aryl methyl sites for hydroxylation is 1. The molecule has 1 aliphatic heterocycles. The fraction of sp³-hybridized carbons (Fsp3) is 0.308. The fourth-order valence-corrected chi connectivity index (χ4v) is 4.38. The van der Waals surface area contributed by atoms with Gasteiger partial charge < -0.3 is 14.4 Å². The summed E-state index contributed by atoms with van der Waals surface area (Å²) >= 11 is 1.31. The predicted octanol–water partition coefficient (Wildman–Crippen LogP) is 4.84. The van der Waals surface area contributed by atoms with Gasteiger partial charge in [0.05, 0.1) is 13.2 Å². The average molecular weight is 490 g/mol. The molecule has 0 bridgehead atoms. The normalized spacial score (nSPS) is 13.4. The molecular formula is C26H27N5O3S. The molecule has 1 N–H and O–H groups in total. The first-order valence-corrected chi connectivity index (χ1v) is 12.4. The van der Waals surface area contributed by atoms with Crippen LogP contribution in [0.3, 0.4) is 0 Å². The second-order valence-electron chi connectivity index (χ2n) is 8.09. The van der Waals surface area contributed by atoms with Crippen LogP contribution in [0.1, 0.15) is 30.4 Å². The number of nitriles is 1. The van der Waals surface area contributed by atoms with Crippen LogP contribution in [0.15, 0.2) is 54.1 Å². The topological polar surface area (TPSA) is 100 Å². The van der Waals surface area contributed by atoms with Crippen LogP contribution in [0, 0.1) is 18.3 Å². The number of para-hydroxylation sites is 1. The Kier molecular flexibility index (Phi) is 8.30. The maximum atomic E-state index is 12.6. The summed E-state index contributed by atoms with van der Waals surface area (Å²) in [7, 11) is 0. The Morgan fingerprint density at radius 2 is 1.86 bits per heavy atom. The molecule has 1 saturated heterocycles. The lowest BCUT2D eigenvalue weighted by atomic mass is 10.1. The van der Waals surface area contributed by atoms with Gasteiger partial charge in [-0.15, -0.1) is 10.2 Å². The molecule has 0 saturated carbocycles. The molecule has 180 valence electrons. The number of hydrogen-bond acceptors (Lipinski definition) is 8. The van der Waals surface area contributed by atoms with E-state index in [1.807, 2.05) is 49.4 Å². The zero-order chi connectivity index (χ0) is 24.5. The van der Waals surface area contributed by atoms with E-state index in [4.69, 9.17) is 9.47 Å². The third-order valence-corrected chi connectivity index (χ3v) is 6.38. The second-order valence-corrected chi connectivity index (χ2v) is 9.05. The van der Waals surface area contributed by atoms with Crippen molar-refractivity contribution >= 4 is 33.6 Å². The molecule has 2 heterocycles. The van der Waals surface area contributed by atoms with E-state index in [9.17, 15) is 10.1 Å². The molecule has 35 heavy (non-hydrogen) atoms. The van der Waals surface area contributed by atoms with Crippen molar-refractivity contribution < 1.29 is 14.3 Å². The Balaban J connectivity index is 1.25. The molecule has 0 unspecified atom stereocenters. The van der Waals surface area contributed by atoms with Crippen LogP contribution in [-0.4, -0.2) is 42.4 Å². The van der Waals surface area contributed by atoms with E-state index >= 15 is 0 Å². The van der Waals surface area contributed by atoms with Crippen molar-refractivity contribution in [3.05, 3.63) is 65.2 Å². The highest BCUT2D eigenvalue weighted by Gasteiger charge is 2.18. The van der Waals surface area contributed by atoms with Crippen molar-refractivity contribution in [2.75, 3.05) is 36.5 Å². The number of rotatable bonds is 10. The van der Waals surface area contributed by atoms with E-state index in [1.165, 1.54) is 17.4 Å². The largest absolute Gasteiger partial charge is 0.493 e. The molecule has 1 aliphatic rings. The number of amides is 1. The van der Waals surface area contributed by atoms with Gasteiger partial charge in [0, 0.05) is 19.5 Å². The Hall–Kier alpha value is -3.90. The lowest BCUT2D eigenvalue weighted by molar-refractivity contribution is -0.112. The summed E-state index contributed by atoms with van der Waals surface area (Å²) in [6.07, 6.45) is 4.56. The highest BCUT2D eigenvalue weighted by molar-refractivity contribution is 7.19. The number of nitrogens with zero attached hydrogens (tertiary/aromatic N) is 4. The van der Waals surface area contributed by atoms with Crippen LogP contribution in [0.25, 0.3) is 6.08 Å². The molecule has 9 heteroatoms. The van der Waals surface area contributed by atoms with Gasteiger partial charge in [-0.2, -0.15) is 5.26 Å². The summed E-state index contributed by atoms with van der Waals surface area (Å²) in [5, 5.41) is 21.5. The molecule has 3 aromatic rings. The summed E-state index contributed by atoms with van der Waals surface area (Å²) < 4.78 is 11.5. The number of hydrogen-bond donors (Lipinski definition) is 1. The Morgan fingerprint density at radius 3 is 2.60 bits per heavy atom. The maximum absolute atomic E-state index is 12.6. The van der Waals surface area contributed by atoms with E-state index in [1.54, 1.807) is 12.1 Å². The van der Waals surface area contributed by atoms with Crippen LogP contribution < -0.4 is 19.7 Å². The molecule has 2 aromatic carbocycles. The molecule has 1 aromatic heterocycles. The monoisotopic (exact) mass is 489 g/mol. The Labute approximate surface area is 208 Å². The molecule has 0 atom stereocenters. The van der Waals surface area contributed by atoms with E-state index in [2.05, 4.69) is 20.4 Å². The van der Waals surface area contributed by atoms with Gasteiger partial charge in [-0.25, -0.2) is 0 Å². The van der Waals surface area contributed by atoms with Crippen LogP contribution in [0.5, 0.6) is 11.5 Å². The molecule has 1 fully saturated rings. The molecule has 8 nitrogen and oxygen atoms in total. The number of anilines is 2. The Bertz CT molecular complexity index is 1210. The minimum Gasteiger partial charge on any atom is -0.493 e. The zero-order valence-corrected chi connectivity index (χ0v) is 20.4. The van der Waals surface area contributed by atoms with Gasteiger partial charge in [-0.1, -0.05) is 41.7 Å². The summed E-state index contributed by atoms with van der Waals surface area (Å²) in [6.45, 7) is 5.01. The fourth-order valence-electron chi connectivity index (χ4n) is 3.59. The van der Waals surface area contributed by atoms with Crippen LogP contribution >= 0.6 is 11.3 Å². The standard InChI is InChI=1S/C26H27N5O3S/c1-19-7-2-3-8-23(19)34-16-6-15-33-22-11-9-20(10-12-22)17-21(18-27)24(32)28-25-29-30-26(35-25)31-13-4-5-14-31/h2-3,7-12,17H,4-6,13-16H2,1H3,(H,28,29,32). The van der Waals surface area contributed by atoms with Gasteiger partial charge in [0.25, 0.3) is 5.91 Å². The van der Waals surface area contributed by atoms with Gasteiger partial charge in [-0.3, -0.25) is 10.1 Å². The van der Waals surface area contributed by atoms with E-state index in [0.29, 0.717) is 24.1 Å². The predicted molar refractivity (Wildman–Crippen MR) is 137 cm³/mol. The van der Waals surface area contributed by atoms with Gasteiger partial charge in [0.1, 0.15) is 23.1 Å². The van der Waals surface area contributed by atoms with Crippen LogP contribution in [0.4, 0.5) is 10.3 Å². The zero-order valence-electron chi connectivity index (χ0n) is 19.6. The maximum Gasteiger partial charge on any atom is 0.268 e. The summed E-state index contributed by atoms with van der Waals surface area (Å²) in [5.74, 6) is 1.09. The van der Waals surface area contributed by atoms with Crippen LogP contribution in [-0.2, 0) is 4.79 Å². The number of aromatic nitrogens is 2. The molecule has 0 spiro atoms. The molecule has 4 rings (SSSR count). The van der Waals surface area contributed by atoms with Gasteiger partial charge in [0.15, 0.2) is 0 Å². The van der Waals surface area contributed by atoms with Gasteiger partial charge >= 0.3 is 0 Å². The lowest BCUT2D eigenvalue weighted by Gasteiger charge is -2.10. The average Bonchev–Trinajstić information content (AvgIpc) is 3.56. The Morgan fingerprint density at radius 1 is 1.11 bits per heavy atom. The molecule has 0 radical (unpaired) electrons. The summed E-state index contributed by atoms with van der Waals surface area (Å²) in [4.78, 5) is 14.7. The van der Waals surface area contributed by atoms with Crippen molar-refractivity contribution in [2.24, 2.45) is 0 Å². The van der Waals surface area contributed by atoms with E-state index in [0.717, 1.165) is 54.4 Å². The quantitative estimate of drug-likeness (QED) is 0.247. The minimum atomic E-state index is -0.509. The van der Waals surface area contributed by atoms with E-state index < -0.39 is 5.91 Å². The van der Waals surface area contributed by atoms with Crippen molar-refractivity contribution in [3.8, 4) is 17.6 Å². The third-order valence-electron chi connectivity index (χ3n) is 5.48. The summed E-state index contributed by atoms with van der Waals surface area (Å²) in [6, 6.07) is 17.1. The number of ether oxygens (including phenoxy) is 2. The van der Waals surface area contributed by atoms with Gasteiger partial charge in [0.2, 0.25) is 10.3 Å². The molecular weight excluding hydrogens is 462 g/mol. The first-order valence-electron chi connectivity index (χ1n) is 11.6.